The zero-order valence-electron chi connectivity index (χ0n) is 12.9. The Morgan fingerprint density at radius 1 is 1.13 bits per heavy atom. The summed E-state index contributed by atoms with van der Waals surface area (Å²) in [6.07, 6.45) is 3.21. The summed E-state index contributed by atoms with van der Waals surface area (Å²) in [5, 5.41) is 3.39. The van der Waals surface area contributed by atoms with Crippen molar-refractivity contribution in [2.75, 3.05) is 19.6 Å². The van der Waals surface area contributed by atoms with Crippen LogP contribution in [0.3, 0.4) is 0 Å². The molecule has 1 aliphatic heterocycles. The number of sulfonamides is 1. The van der Waals surface area contributed by atoms with Gasteiger partial charge in [-0.05, 0) is 55.9 Å². The first kappa shape index (κ1) is 16.7. The topological polar surface area (TPSA) is 66.5 Å². The van der Waals surface area contributed by atoms with Crippen LogP contribution < -0.4 is 5.32 Å². The predicted octanol–water partition coefficient (Wildman–Crippen LogP) is 2.27. The Bertz CT molecular complexity index is 663. The highest BCUT2D eigenvalue weighted by Crippen LogP contribution is 2.33. The zero-order chi connectivity index (χ0) is 16.4. The number of carbonyl (C=O) groups is 1. The summed E-state index contributed by atoms with van der Waals surface area (Å²) in [6.45, 7) is 1.72. The molecule has 126 valence electrons. The van der Waals surface area contributed by atoms with Gasteiger partial charge in [-0.2, -0.15) is 0 Å². The summed E-state index contributed by atoms with van der Waals surface area (Å²) in [5.41, 5.74) is 0.586. The van der Waals surface area contributed by atoms with E-state index < -0.39 is 10.0 Å². The van der Waals surface area contributed by atoms with Crippen molar-refractivity contribution >= 4 is 27.5 Å². The molecule has 1 aromatic rings. The van der Waals surface area contributed by atoms with Gasteiger partial charge in [0, 0.05) is 30.2 Å². The highest BCUT2D eigenvalue weighted by Gasteiger charge is 2.41. The van der Waals surface area contributed by atoms with E-state index in [0.29, 0.717) is 36.1 Å². The van der Waals surface area contributed by atoms with Gasteiger partial charge in [-0.15, -0.1) is 0 Å². The quantitative estimate of drug-likeness (QED) is 0.880. The fraction of sp³-hybridized carbons (Fsp3) is 0.562. The third-order valence-electron chi connectivity index (χ3n) is 4.54. The molecule has 1 aliphatic carbocycles. The molecular weight excluding hydrogens is 336 g/mol. The van der Waals surface area contributed by atoms with Gasteiger partial charge >= 0.3 is 0 Å². The van der Waals surface area contributed by atoms with E-state index in [1.165, 1.54) is 0 Å². The van der Waals surface area contributed by atoms with E-state index in [0.717, 1.165) is 25.7 Å². The van der Waals surface area contributed by atoms with Gasteiger partial charge in [0.25, 0.3) is 5.91 Å². The Labute approximate surface area is 142 Å². The van der Waals surface area contributed by atoms with Crippen LogP contribution in [0.4, 0.5) is 0 Å². The molecule has 2 aliphatic rings. The van der Waals surface area contributed by atoms with E-state index in [4.69, 9.17) is 11.6 Å². The third kappa shape index (κ3) is 4.05. The van der Waals surface area contributed by atoms with E-state index in [2.05, 4.69) is 5.32 Å². The van der Waals surface area contributed by atoms with Crippen LogP contribution in [0.2, 0.25) is 5.02 Å². The van der Waals surface area contributed by atoms with Crippen molar-refractivity contribution in [2.45, 2.75) is 30.9 Å². The first-order valence-corrected chi connectivity index (χ1v) is 9.87. The lowest BCUT2D eigenvalue weighted by molar-refractivity contribution is 0.0941. The lowest BCUT2D eigenvalue weighted by Crippen LogP contribution is -2.42. The number of piperidine rings is 1. The molecule has 0 atom stereocenters. The minimum Gasteiger partial charge on any atom is -0.352 e. The van der Waals surface area contributed by atoms with Crippen LogP contribution in [0.1, 0.15) is 36.0 Å². The van der Waals surface area contributed by atoms with E-state index >= 15 is 0 Å². The largest absolute Gasteiger partial charge is 0.352 e. The van der Waals surface area contributed by atoms with Crippen LogP contribution in [-0.2, 0) is 10.0 Å². The van der Waals surface area contributed by atoms with Crippen molar-refractivity contribution in [3.8, 4) is 0 Å². The fourth-order valence-corrected chi connectivity index (χ4v) is 4.88. The van der Waals surface area contributed by atoms with Gasteiger partial charge < -0.3 is 5.32 Å². The summed E-state index contributed by atoms with van der Waals surface area (Å²) in [6, 6.07) is 6.78. The molecule has 5 nitrogen and oxygen atoms in total. The third-order valence-corrected chi connectivity index (χ3v) is 7.19. The summed E-state index contributed by atoms with van der Waals surface area (Å²) in [4.78, 5) is 12.1. The Balaban J connectivity index is 1.45. The monoisotopic (exact) mass is 356 g/mol. The number of hydrogen-bond donors (Lipinski definition) is 1. The van der Waals surface area contributed by atoms with Crippen molar-refractivity contribution in [1.82, 2.24) is 9.62 Å². The Morgan fingerprint density at radius 2 is 1.74 bits per heavy atom. The molecule has 23 heavy (non-hydrogen) atoms. The molecule has 1 heterocycles. The molecule has 0 aromatic heterocycles. The maximum absolute atomic E-state index is 12.2. The maximum Gasteiger partial charge on any atom is 0.251 e. The number of nitrogens with zero attached hydrogens (tertiary/aromatic N) is 1. The van der Waals surface area contributed by atoms with Crippen molar-refractivity contribution < 1.29 is 13.2 Å². The highest BCUT2D eigenvalue weighted by atomic mass is 35.5. The number of rotatable bonds is 5. The second-order valence-electron chi connectivity index (χ2n) is 6.30. The highest BCUT2D eigenvalue weighted by molar-refractivity contribution is 7.90. The molecule has 1 saturated heterocycles. The standard InChI is InChI=1S/C16H21ClN2O3S/c17-14-3-1-13(2-4-14)16(20)18-11-12-7-9-19(10-8-12)23(21,22)15-5-6-15/h1-4,12,15H,5-11H2,(H,18,20). The first-order valence-electron chi connectivity index (χ1n) is 7.99. The predicted molar refractivity (Wildman–Crippen MR) is 90.0 cm³/mol. The maximum atomic E-state index is 12.2. The van der Waals surface area contributed by atoms with Crippen LogP contribution in [0, 0.1) is 5.92 Å². The molecule has 1 saturated carbocycles. The molecule has 1 N–H and O–H groups in total. The fourth-order valence-electron chi connectivity index (χ4n) is 2.88. The van der Waals surface area contributed by atoms with E-state index in [9.17, 15) is 13.2 Å². The van der Waals surface area contributed by atoms with Crippen molar-refractivity contribution in [2.24, 2.45) is 5.92 Å². The van der Waals surface area contributed by atoms with Gasteiger partial charge in [-0.25, -0.2) is 12.7 Å². The molecule has 0 spiro atoms. The average molecular weight is 357 g/mol. The summed E-state index contributed by atoms with van der Waals surface area (Å²) in [5.74, 6) is 0.214. The number of amides is 1. The normalized spacial score (nSPS) is 20.4. The number of nitrogens with one attached hydrogen (secondary N) is 1. The molecule has 1 aromatic carbocycles. The lowest BCUT2D eigenvalue weighted by atomic mass is 9.98. The Morgan fingerprint density at radius 3 is 2.30 bits per heavy atom. The van der Waals surface area contributed by atoms with Gasteiger partial charge in [0.15, 0.2) is 0 Å². The molecule has 7 heteroatoms. The molecular formula is C16H21ClN2O3S. The van der Waals surface area contributed by atoms with Crippen LogP contribution in [-0.4, -0.2) is 43.5 Å². The number of benzene rings is 1. The average Bonchev–Trinajstić information content (AvgIpc) is 3.39. The first-order chi connectivity index (χ1) is 11.0. The second kappa shape index (κ2) is 6.79. The number of carbonyl (C=O) groups excluding carboxylic acids is 1. The molecule has 1 amide bonds. The lowest BCUT2D eigenvalue weighted by Gasteiger charge is -2.31. The van der Waals surface area contributed by atoms with E-state index in [-0.39, 0.29) is 11.2 Å². The molecule has 0 unspecified atom stereocenters. The van der Waals surface area contributed by atoms with Gasteiger partial charge in [0.1, 0.15) is 0 Å². The smallest absolute Gasteiger partial charge is 0.251 e. The van der Waals surface area contributed by atoms with E-state index in [1.807, 2.05) is 0 Å². The summed E-state index contributed by atoms with van der Waals surface area (Å²) < 4.78 is 26.0. The Kier molecular flexibility index (Phi) is 4.94. The van der Waals surface area contributed by atoms with E-state index in [1.54, 1.807) is 28.6 Å². The number of halogens is 1. The summed E-state index contributed by atoms with van der Waals surface area (Å²) >= 11 is 5.81. The Hall–Kier alpha value is -1.11. The van der Waals surface area contributed by atoms with Gasteiger partial charge in [0.05, 0.1) is 5.25 Å². The van der Waals surface area contributed by atoms with Gasteiger partial charge in [-0.1, -0.05) is 11.6 Å². The number of hydrogen-bond acceptors (Lipinski definition) is 3. The van der Waals surface area contributed by atoms with Crippen molar-refractivity contribution in [1.29, 1.82) is 0 Å². The second-order valence-corrected chi connectivity index (χ2v) is 8.95. The molecule has 2 fully saturated rings. The molecule has 0 radical (unpaired) electrons. The summed E-state index contributed by atoms with van der Waals surface area (Å²) in [7, 11) is -3.06. The minimum absolute atomic E-state index is 0.116. The minimum atomic E-state index is -3.06. The van der Waals surface area contributed by atoms with Gasteiger partial charge in [0.2, 0.25) is 10.0 Å². The van der Waals surface area contributed by atoms with Gasteiger partial charge in [-0.3, -0.25) is 4.79 Å². The molecule has 0 bridgehead atoms. The van der Waals surface area contributed by atoms with Crippen molar-refractivity contribution in [3.05, 3.63) is 34.9 Å². The SMILES string of the molecule is O=C(NCC1CCN(S(=O)(=O)C2CC2)CC1)c1ccc(Cl)cc1. The van der Waals surface area contributed by atoms with Crippen LogP contribution in [0.25, 0.3) is 0 Å². The molecule has 3 rings (SSSR count). The van der Waals surface area contributed by atoms with Crippen LogP contribution in [0.15, 0.2) is 24.3 Å². The van der Waals surface area contributed by atoms with Crippen LogP contribution in [0.5, 0.6) is 0 Å². The van der Waals surface area contributed by atoms with Crippen molar-refractivity contribution in [3.63, 3.8) is 0 Å². The van der Waals surface area contributed by atoms with Crippen LogP contribution >= 0.6 is 11.6 Å². The zero-order valence-corrected chi connectivity index (χ0v) is 14.4.